The first-order valence-electron chi connectivity index (χ1n) is 9.72. The number of esters is 1. The molecular formula is C21H32N2O3. The largest absolute Gasteiger partial charge is 0.463 e. The van der Waals surface area contributed by atoms with Gasteiger partial charge in [-0.2, -0.15) is 0 Å². The number of nitrogens with two attached hydrogens (primary N) is 1. The summed E-state index contributed by atoms with van der Waals surface area (Å²) in [5.41, 5.74) is 6.41. The molecule has 1 unspecified atom stereocenters. The summed E-state index contributed by atoms with van der Waals surface area (Å²) in [4.78, 5) is 25.1. The third-order valence-electron chi connectivity index (χ3n) is 5.33. The number of hydrogen-bond acceptors (Lipinski definition) is 4. The highest BCUT2D eigenvalue weighted by Gasteiger charge is 2.30. The summed E-state index contributed by atoms with van der Waals surface area (Å²) in [6.07, 6.45) is 4.37. The van der Waals surface area contributed by atoms with Crippen LogP contribution < -0.4 is 11.1 Å². The summed E-state index contributed by atoms with van der Waals surface area (Å²) >= 11 is 0. The zero-order valence-electron chi connectivity index (χ0n) is 15.9. The summed E-state index contributed by atoms with van der Waals surface area (Å²) < 4.78 is 5.18. The molecular weight excluding hydrogens is 328 g/mol. The Labute approximate surface area is 156 Å². The number of nitrogens with one attached hydrogen (secondary N) is 1. The van der Waals surface area contributed by atoms with E-state index in [1.54, 1.807) is 0 Å². The fraction of sp³-hybridized carbons (Fsp3) is 0.619. The fourth-order valence-corrected chi connectivity index (χ4v) is 3.64. The minimum atomic E-state index is -0.667. The SMILES string of the molecule is CC(C)C1CCC(C(=O)NC(Cc2ccccc2)C(=O)OCCN)CC1. The van der Waals surface area contributed by atoms with Crippen molar-refractivity contribution in [3.63, 3.8) is 0 Å². The quantitative estimate of drug-likeness (QED) is 0.699. The van der Waals surface area contributed by atoms with Gasteiger partial charge in [0, 0.05) is 18.9 Å². The molecule has 0 radical (unpaired) electrons. The second kappa shape index (κ2) is 10.3. The topological polar surface area (TPSA) is 81.4 Å². The molecule has 1 atom stereocenters. The van der Waals surface area contributed by atoms with E-state index in [-0.39, 0.29) is 25.0 Å². The molecule has 5 nitrogen and oxygen atoms in total. The lowest BCUT2D eigenvalue weighted by atomic mass is 9.76. The van der Waals surface area contributed by atoms with Gasteiger partial charge in [-0.1, -0.05) is 44.2 Å². The molecule has 2 rings (SSSR count). The van der Waals surface area contributed by atoms with Gasteiger partial charge in [-0.3, -0.25) is 4.79 Å². The lowest BCUT2D eigenvalue weighted by molar-refractivity contribution is -0.148. The molecule has 1 saturated carbocycles. The number of rotatable bonds is 8. The van der Waals surface area contributed by atoms with Crippen molar-refractivity contribution in [2.24, 2.45) is 23.5 Å². The van der Waals surface area contributed by atoms with Crippen LogP contribution in [0.1, 0.15) is 45.1 Å². The van der Waals surface area contributed by atoms with Gasteiger partial charge in [0.15, 0.2) is 0 Å². The zero-order chi connectivity index (χ0) is 18.9. The molecule has 0 aromatic heterocycles. The first kappa shape index (κ1) is 20.4. The average Bonchev–Trinajstić information content (AvgIpc) is 2.66. The Hall–Kier alpha value is -1.88. The Morgan fingerprint density at radius 2 is 1.81 bits per heavy atom. The number of carbonyl (C=O) groups is 2. The summed E-state index contributed by atoms with van der Waals surface area (Å²) in [5.74, 6) is 0.914. The molecule has 1 amide bonds. The Kier molecular flexibility index (Phi) is 8.10. The molecule has 1 fully saturated rings. The predicted octanol–water partition coefficient (Wildman–Crippen LogP) is 2.68. The second-order valence-corrected chi connectivity index (χ2v) is 7.56. The van der Waals surface area contributed by atoms with Crippen molar-refractivity contribution in [2.45, 2.75) is 52.0 Å². The zero-order valence-corrected chi connectivity index (χ0v) is 15.9. The highest BCUT2D eigenvalue weighted by atomic mass is 16.5. The molecule has 3 N–H and O–H groups in total. The molecule has 1 aliphatic carbocycles. The van der Waals surface area contributed by atoms with Crippen LogP contribution in [0.15, 0.2) is 30.3 Å². The van der Waals surface area contributed by atoms with Crippen LogP contribution in [-0.2, 0) is 20.7 Å². The number of ether oxygens (including phenoxy) is 1. The van der Waals surface area contributed by atoms with E-state index in [4.69, 9.17) is 10.5 Å². The van der Waals surface area contributed by atoms with Crippen LogP contribution in [0.4, 0.5) is 0 Å². The van der Waals surface area contributed by atoms with Gasteiger partial charge in [0.2, 0.25) is 5.91 Å². The molecule has 0 bridgehead atoms. The number of benzene rings is 1. The molecule has 144 valence electrons. The van der Waals surface area contributed by atoms with Crippen LogP contribution in [-0.4, -0.2) is 31.1 Å². The third-order valence-corrected chi connectivity index (χ3v) is 5.33. The molecule has 1 aromatic carbocycles. The summed E-state index contributed by atoms with van der Waals surface area (Å²) in [6.45, 7) is 4.93. The van der Waals surface area contributed by atoms with E-state index in [2.05, 4.69) is 19.2 Å². The van der Waals surface area contributed by atoms with E-state index in [0.717, 1.165) is 31.2 Å². The molecule has 1 aromatic rings. The van der Waals surface area contributed by atoms with E-state index < -0.39 is 12.0 Å². The number of carbonyl (C=O) groups excluding carboxylic acids is 2. The lowest BCUT2D eigenvalue weighted by Gasteiger charge is -2.31. The average molecular weight is 360 g/mol. The maximum absolute atomic E-state index is 12.7. The van der Waals surface area contributed by atoms with Crippen molar-refractivity contribution in [1.29, 1.82) is 0 Å². The summed E-state index contributed by atoms with van der Waals surface area (Å²) in [5, 5.41) is 2.93. The Balaban J connectivity index is 1.96. The van der Waals surface area contributed by atoms with E-state index >= 15 is 0 Å². The van der Waals surface area contributed by atoms with Gasteiger partial charge < -0.3 is 15.8 Å². The van der Waals surface area contributed by atoms with Crippen LogP contribution in [0.5, 0.6) is 0 Å². The van der Waals surface area contributed by atoms with Crippen molar-refractivity contribution in [3.8, 4) is 0 Å². The van der Waals surface area contributed by atoms with Crippen LogP contribution >= 0.6 is 0 Å². The van der Waals surface area contributed by atoms with Crippen molar-refractivity contribution in [2.75, 3.05) is 13.2 Å². The summed E-state index contributed by atoms with van der Waals surface area (Å²) in [6, 6.07) is 9.00. The maximum atomic E-state index is 12.7. The summed E-state index contributed by atoms with van der Waals surface area (Å²) in [7, 11) is 0. The third kappa shape index (κ3) is 6.13. The predicted molar refractivity (Wildman–Crippen MR) is 102 cm³/mol. The standard InChI is InChI=1S/C21H32N2O3/c1-15(2)17-8-10-18(11-9-17)20(24)23-19(21(25)26-13-12-22)14-16-6-4-3-5-7-16/h3-7,15,17-19H,8-14,22H2,1-2H3,(H,23,24). The first-order valence-corrected chi connectivity index (χ1v) is 9.72. The van der Waals surface area contributed by atoms with Gasteiger partial charge in [-0.15, -0.1) is 0 Å². The monoisotopic (exact) mass is 360 g/mol. The normalized spacial score (nSPS) is 21.2. The fourth-order valence-electron chi connectivity index (χ4n) is 3.64. The van der Waals surface area contributed by atoms with Crippen molar-refractivity contribution < 1.29 is 14.3 Å². The lowest BCUT2D eigenvalue weighted by Crippen LogP contribution is -2.46. The van der Waals surface area contributed by atoms with E-state index in [0.29, 0.717) is 18.3 Å². The molecule has 0 aliphatic heterocycles. The van der Waals surface area contributed by atoms with Crippen molar-refractivity contribution in [3.05, 3.63) is 35.9 Å². The van der Waals surface area contributed by atoms with Crippen molar-refractivity contribution >= 4 is 11.9 Å². The second-order valence-electron chi connectivity index (χ2n) is 7.56. The first-order chi connectivity index (χ1) is 12.5. The molecule has 0 saturated heterocycles. The Morgan fingerprint density at radius 3 is 2.38 bits per heavy atom. The van der Waals surface area contributed by atoms with E-state index in [9.17, 15) is 9.59 Å². The highest BCUT2D eigenvalue weighted by molar-refractivity contribution is 5.86. The molecule has 1 aliphatic rings. The van der Waals surface area contributed by atoms with Gasteiger partial charge in [0.1, 0.15) is 12.6 Å². The van der Waals surface area contributed by atoms with Crippen LogP contribution in [0, 0.1) is 17.8 Å². The Bertz CT molecular complexity index is 566. The minimum absolute atomic E-state index is 0.00872. The van der Waals surface area contributed by atoms with Gasteiger partial charge in [-0.25, -0.2) is 4.79 Å². The van der Waals surface area contributed by atoms with Crippen molar-refractivity contribution in [1.82, 2.24) is 5.32 Å². The van der Waals surface area contributed by atoms with E-state index in [1.165, 1.54) is 0 Å². The van der Waals surface area contributed by atoms with Gasteiger partial charge in [0.05, 0.1) is 0 Å². The van der Waals surface area contributed by atoms with Gasteiger partial charge in [-0.05, 0) is 43.1 Å². The number of amides is 1. The van der Waals surface area contributed by atoms with Gasteiger partial charge >= 0.3 is 5.97 Å². The smallest absolute Gasteiger partial charge is 0.329 e. The minimum Gasteiger partial charge on any atom is -0.463 e. The van der Waals surface area contributed by atoms with Crippen LogP contribution in [0.25, 0.3) is 0 Å². The molecule has 0 spiro atoms. The molecule has 5 heteroatoms. The number of hydrogen-bond donors (Lipinski definition) is 2. The highest BCUT2D eigenvalue weighted by Crippen LogP contribution is 2.33. The Morgan fingerprint density at radius 1 is 1.15 bits per heavy atom. The molecule has 0 heterocycles. The maximum Gasteiger partial charge on any atom is 0.329 e. The van der Waals surface area contributed by atoms with Crippen LogP contribution in [0.2, 0.25) is 0 Å². The van der Waals surface area contributed by atoms with Gasteiger partial charge in [0.25, 0.3) is 0 Å². The molecule has 26 heavy (non-hydrogen) atoms. The van der Waals surface area contributed by atoms with E-state index in [1.807, 2.05) is 30.3 Å². The van der Waals surface area contributed by atoms with Crippen LogP contribution in [0.3, 0.4) is 0 Å².